The topological polar surface area (TPSA) is 75.8 Å². The molecule has 0 radical (unpaired) electrons. The molecule has 2 aromatic rings. The largest absolute Gasteiger partial charge is 0.286 e. The Morgan fingerprint density at radius 2 is 1.78 bits per heavy atom. The molecular weight excluding hydrogens is 382 g/mol. The lowest BCUT2D eigenvalue weighted by Gasteiger charge is -2.04. The van der Waals surface area contributed by atoms with Crippen molar-refractivity contribution in [3.05, 3.63) is 86.8 Å². The number of carbonyl (C=O) groups is 1. The molecule has 0 unspecified atom stereocenters. The first-order chi connectivity index (χ1) is 13.0. The van der Waals surface area contributed by atoms with Crippen LogP contribution in [0.1, 0.15) is 11.1 Å². The van der Waals surface area contributed by atoms with Crippen LogP contribution in [0, 0.1) is 10.1 Å². The summed E-state index contributed by atoms with van der Waals surface area (Å²) in [6.45, 7) is 0. The number of hydrazone groups is 1. The van der Waals surface area contributed by atoms with Crippen molar-refractivity contribution in [1.29, 1.82) is 0 Å². The van der Waals surface area contributed by atoms with E-state index in [1.54, 1.807) is 24.3 Å². The van der Waals surface area contributed by atoms with Gasteiger partial charge in [-0.15, -0.1) is 0 Å². The van der Waals surface area contributed by atoms with E-state index in [9.17, 15) is 14.9 Å². The minimum atomic E-state index is -0.471. The van der Waals surface area contributed by atoms with Crippen molar-refractivity contribution < 1.29 is 9.72 Å². The van der Waals surface area contributed by atoms with Crippen molar-refractivity contribution in [3.8, 4) is 0 Å². The number of nitro benzene ring substituents is 1. The summed E-state index contributed by atoms with van der Waals surface area (Å²) in [5.41, 5.74) is 1.69. The first-order valence-electron chi connectivity index (χ1n) is 7.83. The second-order valence-corrected chi connectivity index (χ2v) is 7.05. The summed E-state index contributed by atoms with van der Waals surface area (Å²) in [4.78, 5) is 23.1. The van der Waals surface area contributed by atoms with Crippen LogP contribution in [0.4, 0.5) is 5.69 Å². The number of hydrogen-bond acceptors (Lipinski definition) is 6. The lowest BCUT2D eigenvalue weighted by Crippen LogP contribution is -2.21. The van der Waals surface area contributed by atoms with Crippen molar-refractivity contribution in [1.82, 2.24) is 5.01 Å². The quantitative estimate of drug-likeness (QED) is 0.245. The van der Waals surface area contributed by atoms with Crippen LogP contribution < -0.4 is 0 Å². The van der Waals surface area contributed by atoms with Gasteiger partial charge in [0.05, 0.1) is 9.83 Å². The van der Waals surface area contributed by atoms with Gasteiger partial charge >= 0.3 is 0 Å². The zero-order valence-electron chi connectivity index (χ0n) is 13.9. The number of benzene rings is 2. The third kappa shape index (κ3) is 4.75. The highest BCUT2D eigenvalue weighted by Gasteiger charge is 2.31. The first kappa shape index (κ1) is 18.7. The number of thioether (sulfide) groups is 1. The molecule has 1 aliphatic rings. The number of carbonyl (C=O) groups excluding carboxylic acids is 1. The maximum absolute atomic E-state index is 12.5. The van der Waals surface area contributed by atoms with E-state index in [0.717, 1.165) is 22.3 Å². The SMILES string of the molecule is O=C1/C(=C\c2ccc([N+](=O)[O-])cc2)SC(=S)N1/N=C/C=C\c1ccccc1. The molecule has 0 N–H and O–H groups in total. The predicted octanol–water partition coefficient (Wildman–Crippen LogP) is 4.50. The van der Waals surface area contributed by atoms with E-state index in [0.29, 0.717) is 14.8 Å². The summed E-state index contributed by atoms with van der Waals surface area (Å²) in [6.07, 6.45) is 6.74. The predicted molar refractivity (Wildman–Crippen MR) is 112 cm³/mol. The van der Waals surface area contributed by atoms with Gasteiger partial charge in [0.2, 0.25) is 0 Å². The molecule has 1 saturated heterocycles. The molecule has 0 aliphatic carbocycles. The van der Waals surface area contributed by atoms with E-state index in [1.165, 1.54) is 18.3 Å². The Morgan fingerprint density at radius 1 is 1.07 bits per heavy atom. The molecule has 1 fully saturated rings. The normalized spacial score (nSPS) is 16.1. The molecule has 0 aromatic heterocycles. The van der Waals surface area contributed by atoms with Crippen molar-refractivity contribution in [2.75, 3.05) is 0 Å². The summed E-state index contributed by atoms with van der Waals surface area (Å²) < 4.78 is 0.331. The van der Waals surface area contributed by atoms with E-state index in [4.69, 9.17) is 12.2 Å². The molecule has 0 bridgehead atoms. The standard InChI is InChI=1S/C19H13N3O3S2/c23-18-17(13-15-8-10-16(11-9-15)22(24)25)27-19(26)21(18)20-12-4-7-14-5-2-1-3-6-14/h1-13H/b7-4-,17-13+,20-12+. The van der Waals surface area contributed by atoms with Gasteiger partial charge in [0.15, 0.2) is 4.32 Å². The lowest BCUT2D eigenvalue weighted by molar-refractivity contribution is -0.384. The average molecular weight is 395 g/mol. The molecule has 0 saturated carbocycles. The highest BCUT2D eigenvalue weighted by molar-refractivity contribution is 8.26. The molecule has 0 atom stereocenters. The maximum Gasteiger partial charge on any atom is 0.286 e. The van der Waals surface area contributed by atoms with Gasteiger partial charge in [-0.25, -0.2) is 0 Å². The van der Waals surface area contributed by atoms with E-state index < -0.39 is 4.92 Å². The van der Waals surface area contributed by atoms with Crippen LogP contribution in [0.5, 0.6) is 0 Å². The van der Waals surface area contributed by atoms with Crippen LogP contribution in [-0.2, 0) is 4.79 Å². The van der Waals surface area contributed by atoms with Gasteiger partial charge in [0.1, 0.15) is 0 Å². The van der Waals surface area contributed by atoms with E-state index >= 15 is 0 Å². The number of allylic oxidation sites excluding steroid dienone is 1. The molecule has 3 rings (SSSR count). The van der Waals surface area contributed by atoms with Crippen molar-refractivity contribution in [2.45, 2.75) is 0 Å². The van der Waals surface area contributed by atoms with Gasteiger partial charge < -0.3 is 0 Å². The fraction of sp³-hybridized carbons (Fsp3) is 0. The van der Waals surface area contributed by atoms with Crippen molar-refractivity contribution in [2.24, 2.45) is 5.10 Å². The molecule has 6 nitrogen and oxygen atoms in total. The van der Waals surface area contributed by atoms with E-state index in [2.05, 4.69) is 5.10 Å². The van der Waals surface area contributed by atoms with Gasteiger partial charge in [-0.05, 0) is 47.6 Å². The van der Waals surface area contributed by atoms with E-state index in [-0.39, 0.29) is 11.6 Å². The Hall–Kier alpha value is -3.10. The van der Waals surface area contributed by atoms with E-state index in [1.807, 2.05) is 36.4 Å². The Morgan fingerprint density at radius 3 is 2.44 bits per heavy atom. The Balaban J connectivity index is 1.70. The van der Waals surface area contributed by atoms with Gasteiger partial charge in [0.25, 0.3) is 11.6 Å². The molecule has 1 heterocycles. The zero-order valence-corrected chi connectivity index (χ0v) is 15.5. The second kappa shape index (κ2) is 8.52. The molecule has 27 heavy (non-hydrogen) atoms. The fourth-order valence-corrected chi connectivity index (χ4v) is 3.40. The average Bonchev–Trinajstić information content (AvgIpc) is 2.93. The maximum atomic E-state index is 12.5. The summed E-state index contributed by atoms with van der Waals surface area (Å²) in [7, 11) is 0. The molecule has 1 aliphatic heterocycles. The summed E-state index contributed by atoms with van der Waals surface area (Å²) in [5.74, 6) is -0.326. The van der Waals surface area contributed by atoms with Crippen LogP contribution in [0.3, 0.4) is 0 Å². The Labute approximate surface area is 165 Å². The number of nitrogens with zero attached hydrogens (tertiary/aromatic N) is 3. The van der Waals surface area contributed by atoms with Crippen LogP contribution >= 0.6 is 24.0 Å². The van der Waals surface area contributed by atoms with Crippen molar-refractivity contribution in [3.63, 3.8) is 0 Å². The first-order valence-corrected chi connectivity index (χ1v) is 9.05. The smallest absolute Gasteiger partial charge is 0.266 e. The second-order valence-electron chi connectivity index (χ2n) is 5.38. The molecule has 1 amide bonds. The van der Waals surface area contributed by atoms with Crippen LogP contribution in [0.2, 0.25) is 0 Å². The fourth-order valence-electron chi connectivity index (χ4n) is 2.23. The molecule has 0 spiro atoms. The number of hydrogen-bond donors (Lipinski definition) is 0. The summed E-state index contributed by atoms with van der Waals surface area (Å²) >= 11 is 6.35. The van der Waals surface area contributed by atoms with Crippen LogP contribution in [0.25, 0.3) is 12.2 Å². The van der Waals surface area contributed by atoms with Crippen LogP contribution in [0.15, 0.2) is 70.7 Å². The van der Waals surface area contributed by atoms with Gasteiger partial charge in [0, 0.05) is 18.3 Å². The highest BCUT2D eigenvalue weighted by Crippen LogP contribution is 2.32. The molecule has 134 valence electrons. The summed E-state index contributed by atoms with van der Waals surface area (Å²) in [5, 5.41) is 16.0. The third-order valence-electron chi connectivity index (χ3n) is 3.53. The van der Waals surface area contributed by atoms with Crippen LogP contribution in [-0.4, -0.2) is 26.4 Å². The monoisotopic (exact) mass is 395 g/mol. The number of thiocarbonyl (C=S) groups is 1. The Bertz CT molecular complexity index is 967. The Kier molecular flexibility index (Phi) is 5.90. The molecular formula is C19H13N3O3S2. The molecule has 2 aromatic carbocycles. The van der Waals surface area contributed by atoms with Gasteiger partial charge in [-0.2, -0.15) is 10.1 Å². The van der Waals surface area contributed by atoms with Gasteiger partial charge in [-0.3, -0.25) is 14.9 Å². The third-order valence-corrected chi connectivity index (χ3v) is 4.81. The highest BCUT2D eigenvalue weighted by atomic mass is 32.2. The molecule has 8 heteroatoms. The summed E-state index contributed by atoms with van der Waals surface area (Å²) in [6, 6.07) is 15.6. The number of non-ortho nitro benzene ring substituents is 1. The number of amides is 1. The minimum absolute atomic E-state index is 0.00509. The minimum Gasteiger partial charge on any atom is -0.266 e. The van der Waals surface area contributed by atoms with Crippen molar-refractivity contribution >= 4 is 58.3 Å². The lowest BCUT2D eigenvalue weighted by atomic mass is 10.2. The zero-order chi connectivity index (χ0) is 19.2. The number of rotatable bonds is 5. The van der Waals surface area contributed by atoms with Gasteiger partial charge in [-0.1, -0.05) is 48.2 Å². The number of nitro groups is 1.